The van der Waals surface area contributed by atoms with Gasteiger partial charge in [-0.25, -0.2) is 8.42 Å². The van der Waals surface area contributed by atoms with Crippen LogP contribution in [0.3, 0.4) is 0 Å². The Hall–Kier alpha value is -3.07. The fraction of sp³-hybridized carbons (Fsp3) is 0.176. The first kappa shape index (κ1) is 19.3. The van der Waals surface area contributed by atoms with Crippen LogP contribution in [0.25, 0.3) is 0 Å². The summed E-state index contributed by atoms with van der Waals surface area (Å²) >= 11 is 0. The predicted octanol–water partition coefficient (Wildman–Crippen LogP) is 1.34. The molecule has 138 valence electrons. The minimum absolute atomic E-state index is 0.100. The molecule has 0 aliphatic heterocycles. The number of carbonyl (C=O) groups excluding carboxylic acids is 2. The van der Waals surface area contributed by atoms with Crippen molar-refractivity contribution in [2.45, 2.75) is 11.8 Å². The molecule has 26 heavy (non-hydrogen) atoms. The van der Waals surface area contributed by atoms with Crippen LogP contribution in [0.5, 0.6) is 5.75 Å². The molecule has 2 aromatic rings. The maximum absolute atomic E-state index is 12.6. The highest BCUT2D eigenvalue weighted by Crippen LogP contribution is 2.24. The Labute approximate surface area is 151 Å². The maximum Gasteiger partial charge on any atom is 0.261 e. The minimum atomic E-state index is -3.99. The first-order valence-electron chi connectivity index (χ1n) is 7.67. The summed E-state index contributed by atoms with van der Waals surface area (Å²) in [6.07, 6.45) is 0. The second-order valence-corrected chi connectivity index (χ2v) is 6.95. The van der Waals surface area contributed by atoms with Gasteiger partial charge in [-0.15, -0.1) is 0 Å². The van der Waals surface area contributed by atoms with Crippen LogP contribution in [0, 0.1) is 0 Å². The second-order valence-electron chi connectivity index (χ2n) is 5.27. The van der Waals surface area contributed by atoms with Crippen molar-refractivity contribution in [1.29, 1.82) is 0 Å². The highest BCUT2D eigenvalue weighted by atomic mass is 32.2. The summed E-state index contributed by atoms with van der Waals surface area (Å²) < 4.78 is 32.7. The molecule has 4 N–H and O–H groups in total. The largest absolute Gasteiger partial charge is 0.496 e. The smallest absolute Gasteiger partial charge is 0.261 e. The van der Waals surface area contributed by atoms with Gasteiger partial charge in [-0.2, -0.15) is 0 Å². The van der Waals surface area contributed by atoms with Crippen LogP contribution in [0.1, 0.15) is 27.6 Å². The number of rotatable bonds is 7. The zero-order valence-corrected chi connectivity index (χ0v) is 15.1. The quantitative estimate of drug-likeness (QED) is 0.671. The van der Waals surface area contributed by atoms with Gasteiger partial charge in [0, 0.05) is 17.8 Å². The Morgan fingerprint density at radius 1 is 1.15 bits per heavy atom. The number of ether oxygens (including phenoxy) is 1. The molecule has 9 heteroatoms. The highest BCUT2D eigenvalue weighted by Gasteiger charge is 2.20. The zero-order chi connectivity index (χ0) is 19.3. The molecule has 0 fully saturated rings. The molecule has 0 aromatic heterocycles. The molecule has 8 nitrogen and oxygen atoms in total. The van der Waals surface area contributed by atoms with Crippen molar-refractivity contribution in [3.63, 3.8) is 0 Å². The van der Waals surface area contributed by atoms with Crippen LogP contribution in [-0.4, -0.2) is 33.9 Å². The summed E-state index contributed by atoms with van der Waals surface area (Å²) in [4.78, 5) is 23.2. The topological polar surface area (TPSA) is 128 Å². The Morgan fingerprint density at radius 2 is 1.88 bits per heavy atom. The first-order valence-corrected chi connectivity index (χ1v) is 9.15. The summed E-state index contributed by atoms with van der Waals surface area (Å²) in [5, 5.41) is 2.60. The third-order valence-corrected chi connectivity index (χ3v) is 4.84. The summed E-state index contributed by atoms with van der Waals surface area (Å²) in [5.74, 6) is -0.864. The molecule has 0 saturated carbocycles. The standard InChI is InChI=1S/C17H19N3O5S/c1-3-19-17(22)14-10-13(7-8-15(14)25-2)26(23,24)20-12-6-4-5-11(9-12)16(18)21/h4-10,20H,3H2,1-2H3,(H2,18,21)(H,19,22). The summed E-state index contributed by atoms with van der Waals surface area (Å²) in [6.45, 7) is 2.13. The molecule has 0 aliphatic rings. The monoisotopic (exact) mass is 377 g/mol. The molecule has 0 atom stereocenters. The van der Waals surface area contributed by atoms with E-state index in [-0.39, 0.29) is 27.5 Å². The fourth-order valence-electron chi connectivity index (χ4n) is 2.24. The molecule has 0 bridgehead atoms. The summed E-state index contributed by atoms with van der Waals surface area (Å²) in [5.41, 5.74) is 5.64. The van der Waals surface area contributed by atoms with E-state index in [1.807, 2.05) is 0 Å². The van der Waals surface area contributed by atoms with Gasteiger partial charge in [-0.1, -0.05) is 6.07 Å². The molecule has 0 radical (unpaired) electrons. The number of sulfonamides is 1. The summed E-state index contributed by atoms with van der Waals surface area (Å²) in [6, 6.07) is 9.74. The van der Waals surface area contributed by atoms with E-state index in [2.05, 4.69) is 10.0 Å². The molecule has 0 heterocycles. The normalized spacial score (nSPS) is 10.8. The maximum atomic E-state index is 12.6. The lowest BCUT2D eigenvalue weighted by atomic mass is 10.2. The lowest BCUT2D eigenvalue weighted by Gasteiger charge is -2.12. The van der Waals surface area contributed by atoms with Crippen molar-refractivity contribution in [2.24, 2.45) is 5.73 Å². The van der Waals surface area contributed by atoms with E-state index in [9.17, 15) is 18.0 Å². The van der Waals surface area contributed by atoms with Gasteiger partial charge >= 0.3 is 0 Å². The molecule has 2 rings (SSSR count). The van der Waals surface area contributed by atoms with Crippen LogP contribution < -0.4 is 20.5 Å². The summed E-state index contributed by atoms with van der Waals surface area (Å²) in [7, 11) is -2.60. The molecule has 2 aromatic carbocycles. The Bertz CT molecular complexity index is 941. The molecular formula is C17H19N3O5S. The number of hydrogen-bond acceptors (Lipinski definition) is 5. The van der Waals surface area contributed by atoms with Crippen LogP contribution in [-0.2, 0) is 10.0 Å². The lowest BCUT2D eigenvalue weighted by Crippen LogP contribution is -2.24. The van der Waals surface area contributed by atoms with E-state index in [0.717, 1.165) is 0 Å². The van der Waals surface area contributed by atoms with E-state index >= 15 is 0 Å². The van der Waals surface area contributed by atoms with Gasteiger partial charge in [-0.05, 0) is 43.3 Å². The fourth-order valence-corrected chi connectivity index (χ4v) is 3.31. The number of methoxy groups -OCH3 is 1. The van der Waals surface area contributed by atoms with E-state index in [0.29, 0.717) is 6.54 Å². The van der Waals surface area contributed by atoms with Crippen LogP contribution in [0.4, 0.5) is 5.69 Å². The van der Waals surface area contributed by atoms with Crippen molar-refractivity contribution in [3.05, 3.63) is 53.6 Å². The van der Waals surface area contributed by atoms with Gasteiger partial charge in [0.15, 0.2) is 0 Å². The SMILES string of the molecule is CCNC(=O)c1cc(S(=O)(=O)Nc2cccc(C(N)=O)c2)ccc1OC. The highest BCUT2D eigenvalue weighted by molar-refractivity contribution is 7.92. The lowest BCUT2D eigenvalue weighted by molar-refractivity contribution is 0.0951. The third-order valence-electron chi connectivity index (χ3n) is 3.46. The number of hydrogen-bond donors (Lipinski definition) is 3. The van der Waals surface area contributed by atoms with E-state index in [1.165, 1.54) is 49.6 Å². The molecule has 2 amide bonds. The van der Waals surface area contributed by atoms with Gasteiger partial charge in [0.2, 0.25) is 5.91 Å². The zero-order valence-electron chi connectivity index (χ0n) is 14.3. The average Bonchev–Trinajstić information content (AvgIpc) is 2.61. The second kappa shape index (κ2) is 7.87. The van der Waals surface area contributed by atoms with Gasteiger partial charge in [0.05, 0.1) is 17.6 Å². The number of amides is 2. The minimum Gasteiger partial charge on any atom is -0.496 e. The number of nitrogens with two attached hydrogens (primary N) is 1. The van der Waals surface area contributed by atoms with E-state index in [1.54, 1.807) is 6.92 Å². The first-order chi connectivity index (χ1) is 12.3. The molecule has 0 saturated heterocycles. The Balaban J connectivity index is 2.40. The number of carbonyl (C=O) groups is 2. The third kappa shape index (κ3) is 4.31. The molecule has 0 spiro atoms. The average molecular weight is 377 g/mol. The van der Waals surface area contributed by atoms with Crippen molar-refractivity contribution in [1.82, 2.24) is 5.32 Å². The van der Waals surface area contributed by atoms with Crippen molar-refractivity contribution in [2.75, 3.05) is 18.4 Å². The van der Waals surface area contributed by atoms with E-state index in [4.69, 9.17) is 10.5 Å². The van der Waals surface area contributed by atoms with Crippen molar-refractivity contribution < 1.29 is 22.7 Å². The van der Waals surface area contributed by atoms with Gasteiger partial charge in [0.1, 0.15) is 5.75 Å². The molecule has 0 aliphatic carbocycles. The number of benzene rings is 2. The van der Waals surface area contributed by atoms with Gasteiger partial charge in [-0.3, -0.25) is 14.3 Å². The predicted molar refractivity (Wildman–Crippen MR) is 96.8 cm³/mol. The van der Waals surface area contributed by atoms with Crippen molar-refractivity contribution >= 4 is 27.5 Å². The van der Waals surface area contributed by atoms with Crippen LogP contribution >= 0.6 is 0 Å². The van der Waals surface area contributed by atoms with Crippen molar-refractivity contribution in [3.8, 4) is 5.75 Å². The van der Waals surface area contributed by atoms with Gasteiger partial charge in [0.25, 0.3) is 15.9 Å². The Morgan fingerprint density at radius 3 is 2.50 bits per heavy atom. The van der Waals surface area contributed by atoms with Crippen LogP contribution in [0.2, 0.25) is 0 Å². The number of anilines is 1. The molecular weight excluding hydrogens is 358 g/mol. The number of primary amides is 1. The Kier molecular flexibility index (Phi) is 5.83. The number of nitrogens with one attached hydrogen (secondary N) is 2. The van der Waals surface area contributed by atoms with E-state index < -0.39 is 21.8 Å². The van der Waals surface area contributed by atoms with Crippen LogP contribution in [0.15, 0.2) is 47.4 Å². The molecule has 0 unspecified atom stereocenters. The van der Waals surface area contributed by atoms with Gasteiger partial charge < -0.3 is 15.8 Å².